The lowest BCUT2D eigenvalue weighted by molar-refractivity contribution is -0.136. The molecule has 3 fully saturated rings. The van der Waals surface area contributed by atoms with E-state index in [1.807, 2.05) is 34.8 Å². The highest BCUT2D eigenvalue weighted by Crippen LogP contribution is 2.54. The van der Waals surface area contributed by atoms with Crippen LogP contribution in [0.5, 0.6) is 0 Å². The SMILES string of the molecule is C.CC(C)(C)[C@@H](O)C1(C)CC1.CC(C)(C)[C@H](O)C1(C)CC1.COC(C(C)(C)C)C(C)(C)C.COC(C(C)(C)C)C(C)(C)C.COCC1(C(C)(C)C)CCCC1.CO[C@@H](C(C)(C)C)C(C)(C)OC.CO[C@H](C(C)(C)C)C(C)(C)OC. The molecule has 0 bridgehead atoms. The summed E-state index contributed by atoms with van der Waals surface area (Å²) in [5, 5.41) is 19.6. The lowest BCUT2D eigenvalue weighted by Gasteiger charge is -2.41. The molecule has 4 atom stereocenters. The largest absolute Gasteiger partial charge is 0.392 e. The van der Waals surface area contributed by atoms with Crippen LogP contribution in [0.25, 0.3) is 0 Å². The Kier molecular flexibility index (Phi) is 36.5. The van der Waals surface area contributed by atoms with Crippen molar-refractivity contribution in [1.82, 2.24) is 0 Å². The van der Waals surface area contributed by atoms with Gasteiger partial charge >= 0.3 is 0 Å². The van der Waals surface area contributed by atoms with Crippen LogP contribution < -0.4 is 0 Å². The van der Waals surface area contributed by atoms with Gasteiger partial charge in [-0.25, -0.2) is 0 Å². The number of rotatable bonds is 12. The second kappa shape index (κ2) is 33.0. The quantitative estimate of drug-likeness (QED) is 0.198. The van der Waals surface area contributed by atoms with Crippen molar-refractivity contribution in [2.45, 2.75) is 335 Å². The van der Waals surface area contributed by atoms with E-state index in [0.29, 0.717) is 23.0 Å². The van der Waals surface area contributed by atoms with E-state index < -0.39 is 0 Å². The highest BCUT2D eigenvalue weighted by atomic mass is 16.5. The molecule has 9 nitrogen and oxygen atoms in total. The average molecular weight is 1140 g/mol. The van der Waals surface area contributed by atoms with Crippen molar-refractivity contribution in [3.05, 3.63) is 0 Å². The summed E-state index contributed by atoms with van der Waals surface area (Å²) in [7, 11) is 12.3. The van der Waals surface area contributed by atoms with E-state index in [4.69, 9.17) is 33.2 Å². The van der Waals surface area contributed by atoms with Crippen molar-refractivity contribution in [2.75, 3.05) is 56.4 Å². The summed E-state index contributed by atoms with van der Waals surface area (Å²) < 4.78 is 38.0. The first kappa shape index (κ1) is 87.4. The molecule has 3 aliphatic rings. The van der Waals surface area contributed by atoms with E-state index in [1.165, 1.54) is 51.4 Å². The van der Waals surface area contributed by atoms with Crippen molar-refractivity contribution in [3.8, 4) is 0 Å². The van der Waals surface area contributed by atoms with Crippen LogP contribution in [0.2, 0.25) is 0 Å². The molecule has 0 aromatic rings. The fraction of sp³-hybridized carbons (Fsp3) is 1.00. The Hall–Kier alpha value is -0.360. The predicted octanol–water partition coefficient (Wildman–Crippen LogP) is 19.4. The van der Waals surface area contributed by atoms with Crippen LogP contribution >= 0.6 is 0 Å². The molecular formula is C70H150O9. The summed E-state index contributed by atoms with van der Waals surface area (Å²) in [5.74, 6) is 0. The first-order valence-electron chi connectivity index (χ1n) is 30.2. The molecule has 0 aliphatic heterocycles. The van der Waals surface area contributed by atoms with Crippen molar-refractivity contribution >= 4 is 0 Å². The van der Waals surface area contributed by atoms with E-state index in [0.717, 1.165) is 6.61 Å². The zero-order chi connectivity index (χ0) is 63.8. The van der Waals surface area contributed by atoms with Crippen molar-refractivity contribution in [3.63, 3.8) is 0 Å². The fourth-order valence-electron chi connectivity index (χ4n) is 13.1. The molecule has 79 heavy (non-hydrogen) atoms. The third kappa shape index (κ3) is 32.1. The van der Waals surface area contributed by atoms with Gasteiger partial charge in [-0.3, -0.25) is 0 Å². The number of hydrogen-bond acceptors (Lipinski definition) is 9. The monoisotopic (exact) mass is 1140 g/mol. The van der Waals surface area contributed by atoms with Crippen LogP contribution in [0.1, 0.15) is 287 Å². The number of aliphatic hydroxyl groups excluding tert-OH is 2. The predicted molar refractivity (Wildman–Crippen MR) is 347 cm³/mol. The summed E-state index contributed by atoms with van der Waals surface area (Å²) in [6, 6.07) is 0. The number of aliphatic hydroxyl groups is 2. The van der Waals surface area contributed by atoms with Gasteiger partial charge in [-0.15, -0.1) is 0 Å². The van der Waals surface area contributed by atoms with Gasteiger partial charge in [0.05, 0.1) is 54.4 Å². The van der Waals surface area contributed by atoms with E-state index in [9.17, 15) is 10.2 Å². The molecule has 3 aliphatic carbocycles. The van der Waals surface area contributed by atoms with Gasteiger partial charge in [0, 0.05) is 49.8 Å². The topological polar surface area (TPSA) is 105 Å². The molecular weight excluding hydrogens is 985 g/mol. The molecule has 2 N–H and O–H groups in total. The zero-order valence-electron chi connectivity index (χ0n) is 60.6. The molecule has 0 saturated heterocycles. The summed E-state index contributed by atoms with van der Waals surface area (Å²) >= 11 is 0. The molecule has 0 heterocycles. The van der Waals surface area contributed by atoms with Gasteiger partial charge in [0.1, 0.15) is 0 Å². The molecule has 0 radical (unpaired) electrons. The first-order valence-corrected chi connectivity index (χ1v) is 30.2. The van der Waals surface area contributed by atoms with Gasteiger partial charge < -0.3 is 43.4 Å². The van der Waals surface area contributed by atoms with Crippen LogP contribution in [-0.2, 0) is 33.2 Å². The van der Waals surface area contributed by atoms with Crippen LogP contribution in [0, 0.1) is 65.0 Å². The minimum Gasteiger partial charge on any atom is -0.392 e. The molecule has 0 aromatic heterocycles. The Bertz CT molecular complexity index is 1410. The third-order valence-electron chi connectivity index (χ3n) is 16.6. The zero-order valence-corrected chi connectivity index (χ0v) is 60.6. The smallest absolute Gasteiger partial charge is 0.0903 e. The second-order valence-electron chi connectivity index (χ2n) is 35.3. The first-order chi connectivity index (χ1) is 34.1. The maximum atomic E-state index is 9.78. The molecule has 0 amide bonds. The summed E-state index contributed by atoms with van der Waals surface area (Å²) in [6.07, 6.45) is 10.9. The fourth-order valence-corrected chi connectivity index (χ4v) is 13.1. The van der Waals surface area contributed by atoms with Gasteiger partial charge in [-0.05, 0) is 131 Å². The minimum absolute atomic E-state index is 0. The number of methoxy groups -OCH3 is 7. The molecule has 0 unspecified atom stereocenters. The van der Waals surface area contributed by atoms with Crippen molar-refractivity contribution < 1.29 is 43.4 Å². The van der Waals surface area contributed by atoms with E-state index in [1.54, 1.807) is 42.7 Å². The van der Waals surface area contributed by atoms with Gasteiger partial charge in [-0.1, -0.05) is 221 Å². The lowest BCUT2D eigenvalue weighted by atomic mass is 9.66. The maximum Gasteiger partial charge on any atom is 0.0903 e. The van der Waals surface area contributed by atoms with Crippen molar-refractivity contribution in [2.24, 2.45) is 65.0 Å². The standard InChI is InChI=1S/C11H22O.2C10H22O2.2C10H22O.2C9H18O.CH4/c1-10(2,3)11(9-12-4)7-5-6-8-11;2*1-9(2,3)8(11-6)10(4,5)12-7;2*1-9(2,3)8(11-7)10(4,5)6;2*1-8(2,3)7(10)9(4)5-6-9;/h5-9H2,1-4H3;2*8H,1-7H3;2*8H,1-7H3;2*7,10H,5-6H2,1-4H3;1H4/t;2*8-;;;2*7-;/m.10..10./s1. The Labute approximate surface area is 497 Å². The number of hydrogen-bond donors (Lipinski definition) is 2. The van der Waals surface area contributed by atoms with Crippen molar-refractivity contribution in [1.29, 1.82) is 0 Å². The lowest BCUT2D eigenvalue weighted by Crippen LogP contribution is -2.47. The Morgan fingerprint density at radius 3 is 0.608 bits per heavy atom. The highest BCUT2D eigenvalue weighted by molar-refractivity contribution is 5.00. The Balaban J connectivity index is -0.000000269. The second-order valence-corrected chi connectivity index (χ2v) is 35.3. The van der Waals surface area contributed by atoms with Crippen LogP contribution in [0.15, 0.2) is 0 Å². The van der Waals surface area contributed by atoms with Gasteiger partial charge in [0.15, 0.2) is 0 Å². The molecule has 9 heteroatoms. The Morgan fingerprint density at radius 2 is 0.532 bits per heavy atom. The van der Waals surface area contributed by atoms with E-state index in [-0.39, 0.29) is 97.2 Å². The normalized spacial score (nSPS) is 19.0. The molecule has 0 aromatic carbocycles. The number of ether oxygens (including phenoxy) is 7. The molecule has 484 valence electrons. The van der Waals surface area contributed by atoms with Crippen LogP contribution in [-0.4, -0.2) is 114 Å². The van der Waals surface area contributed by atoms with Crippen LogP contribution in [0.4, 0.5) is 0 Å². The summed E-state index contributed by atoms with van der Waals surface area (Å²) in [4.78, 5) is 0. The van der Waals surface area contributed by atoms with E-state index >= 15 is 0 Å². The van der Waals surface area contributed by atoms with Gasteiger partial charge in [0.25, 0.3) is 0 Å². The Morgan fingerprint density at radius 1 is 0.329 bits per heavy atom. The maximum absolute atomic E-state index is 9.78. The molecule has 3 rings (SSSR count). The molecule has 3 saturated carbocycles. The highest BCUT2D eigenvalue weighted by Gasteiger charge is 2.50. The van der Waals surface area contributed by atoms with E-state index in [2.05, 4.69) is 201 Å². The van der Waals surface area contributed by atoms with Crippen LogP contribution in [0.3, 0.4) is 0 Å². The molecule has 0 spiro atoms. The average Bonchev–Trinajstić information content (AvgIpc) is 4.09. The van der Waals surface area contributed by atoms with Gasteiger partial charge in [-0.2, -0.15) is 0 Å². The summed E-state index contributed by atoms with van der Waals surface area (Å²) in [5.41, 5.74) is 2.15. The minimum atomic E-state index is -0.229. The van der Waals surface area contributed by atoms with Gasteiger partial charge in [0.2, 0.25) is 0 Å². The summed E-state index contributed by atoms with van der Waals surface area (Å²) in [6.45, 7) is 72.6. The third-order valence-corrected chi connectivity index (χ3v) is 16.6.